The molecule has 3 unspecified atom stereocenters. The number of thiol groups is 1. The molecule has 0 aromatic heterocycles. The average Bonchev–Trinajstić information content (AvgIpc) is 2.11. The zero-order chi connectivity index (χ0) is 9.68. The van der Waals surface area contributed by atoms with Crippen LogP contribution in [0.3, 0.4) is 0 Å². The van der Waals surface area contributed by atoms with Gasteiger partial charge in [-0.25, -0.2) is 0 Å². The average molecular weight is 200 g/mol. The Bertz CT molecular complexity index is 133. The van der Waals surface area contributed by atoms with Crippen molar-refractivity contribution < 1.29 is 0 Å². The van der Waals surface area contributed by atoms with Crippen molar-refractivity contribution in [2.45, 2.75) is 64.0 Å². The van der Waals surface area contributed by atoms with Gasteiger partial charge in [-0.1, -0.05) is 46.0 Å². The first-order valence-corrected chi connectivity index (χ1v) is 6.40. The molecule has 1 rings (SSSR count). The van der Waals surface area contributed by atoms with Crippen molar-refractivity contribution >= 4 is 12.6 Å². The molecule has 0 nitrogen and oxygen atoms in total. The summed E-state index contributed by atoms with van der Waals surface area (Å²) in [6.07, 6.45) is 9.72. The lowest BCUT2D eigenvalue weighted by atomic mass is 9.85. The summed E-state index contributed by atoms with van der Waals surface area (Å²) in [6, 6.07) is 0. The highest BCUT2D eigenvalue weighted by Gasteiger charge is 2.14. The van der Waals surface area contributed by atoms with Gasteiger partial charge >= 0.3 is 0 Å². The van der Waals surface area contributed by atoms with Gasteiger partial charge in [-0.05, 0) is 24.7 Å². The van der Waals surface area contributed by atoms with Crippen molar-refractivity contribution in [2.75, 3.05) is 0 Å². The topological polar surface area (TPSA) is 0 Å². The minimum absolute atomic E-state index is 0.681. The maximum atomic E-state index is 4.61. The zero-order valence-corrected chi connectivity index (χ0v) is 10.0. The van der Waals surface area contributed by atoms with E-state index in [1.54, 1.807) is 0 Å². The molecule has 1 heteroatoms. The minimum Gasteiger partial charge on any atom is -0.176 e. The normalized spacial score (nSPS) is 38.5. The largest absolute Gasteiger partial charge is 0.176 e. The first-order chi connectivity index (χ1) is 6.20. The van der Waals surface area contributed by atoms with Gasteiger partial charge in [-0.15, -0.1) is 0 Å². The van der Waals surface area contributed by atoms with Crippen LogP contribution in [0, 0.1) is 11.8 Å². The monoisotopic (exact) mass is 200 g/mol. The zero-order valence-electron chi connectivity index (χ0n) is 9.13. The quantitative estimate of drug-likeness (QED) is 0.554. The van der Waals surface area contributed by atoms with Crippen molar-refractivity contribution in [1.29, 1.82) is 0 Å². The van der Waals surface area contributed by atoms with Gasteiger partial charge in [0, 0.05) is 5.25 Å². The Balaban J connectivity index is 2.33. The molecule has 13 heavy (non-hydrogen) atoms. The van der Waals surface area contributed by atoms with Gasteiger partial charge in [0.2, 0.25) is 0 Å². The van der Waals surface area contributed by atoms with Crippen LogP contribution in [0.5, 0.6) is 0 Å². The van der Waals surface area contributed by atoms with Gasteiger partial charge in [-0.2, -0.15) is 12.6 Å². The van der Waals surface area contributed by atoms with Crippen molar-refractivity contribution in [3.8, 4) is 0 Å². The molecule has 3 atom stereocenters. The van der Waals surface area contributed by atoms with E-state index >= 15 is 0 Å². The predicted octanol–water partition coefficient (Wildman–Crippen LogP) is 4.30. The molecule has 1 saturated carbocycles. The first-order valence-electron chi connectivity index (χ1n) is 5.88. The highest BCUT2D eigenvalue weighted by Crippen LogP contribution is 2.27. The van der Waals surface area contributed by atoms with Crippen molar-refractivity contribution in [3.63, 3.8) is 0 Å². The van der Waals surface area contributed by atoms with E-state index in [-0.39, 0.29) is 0 Å². The number of hydrogen-bond donors (Lipinski definition) is 1. The van der Waals surface area contributed by atoms with Gasteiger partial charge < -0.3 is 0 Å². The first kappa shape index (κ1) is 11.4. The Hall–Kier alpha value is 0.350. The van der Waals surface area contributed by atoms with Crippen LogP contribution in [0.15, 0.2) is 0 Å². The second-order valence-electron chi connectivity index (χ2n) is 4.82. The predicted molar refractivity (Wildman–Crippen MR) is 63.4 cm³/mol. The molecule has 78 valence electrons. The fraction of sp³-hybridized carbons (Fsp3) is 1.00. The number of hydrogen-bond acceptors (Lipinski definition) is 1. The van der Waals surface area contributed by atoms with Crippen LogP contribution >= 0.6 is 12.6 Å². The molecule has 0 amide bonds. The van der Waals surface area contributed by atoms with E-state index in [4.69, 9.17) is 0 Å². The summed E-state index contributed by atoms with van der Waals surface area (Å²) in [7, 11) is 0. The lowest BCUT2D eigenvalue weighted by Crippen LogP contribution is -2.11. The summed E-state index contributed by atoms with van der Waals surface area (Å²) in [4.78, 5) is 0. The van der Waals surface area contributed by atoms with Gasteiger partial charge in [-0.3, -0.25) is 0 Å². The van der Waals surface area contributed by atoms with E-state index in [2.05, 4.69) is 26.5 Å². The van der Waals surface area contributed by atoms with Crippen LogP contribution in [0.4, 0.5) is 0 Å². The summed E-state index contributed by atoms with van der Waals surface area (Å²) < 4.78 is 0. The van der Waals surface area contributed by atoms with Gasteiger partial charge in [0.15, 0.2) is 0 Å². The molecule has 1 aliphatic rings. The SMILES string of the molecule is CC1CCCCC(S)CCCC1C. The maximum absolute atomic E-state index is 4.61. The third-order valence-electron chi connectivity index (χ3n) is 3.62. The molecule has 1 aliphatic carbocycles. The van der Waals surface area contributed by atoms with Crippen molar-refractivity contribution in [2.24, 2.45) is 11.8 Å². The Morgan fingerprint density at radius 2 is 1.23 bits per heavy atom. The van der Waals surface area contributed by atoms with E-state index in [9.17, 15) is 0 Å². The van der Waals surface area contributed by atoms with E-state index in [1.165, 1.54) is 44.9 Å². The molecule has 0 spiro atoms. The van der Waals surface area contributed by atoms with Crippen LogP contribution in [0.1, 0.15) is 58.8 Å². The Morgan fingerprint density at radius 3 is 1.92 bits per heavy atom. The highest BCUT2D eigenvalue weighted by atomic mass is 32.1. The summed E-state index contributed by atoms with van der Waals surface area (Å²) in [6.45, 7) is 4.84. The van der Waals surface area contributed by atoms with Crippen molar-refractivity contribution in [3.05, 3.63) is 0 Å². The Kier molecular flexibility index (Phi) is 5.23. The lowest BCUT2D eigenvalue weighted by molar-refractivity contribution is 0.314. The van der Waals surface area contributed by atoms with Crippen LogP contribution in [0.25, 0.3) is 0 Å². The summed E-state index contributed by atoms with van der Waals surface area (Å²) >= 11 is 4.61. The van der Waals surface area contributed by atoms with E-state index in [1.807, 2.05) is 0 Å². The molecule has 0 aliphatic heterocycles. The van der Waals surface area contributed by atoms with E-state index in [0.29, 0.717) is 5.25 Å². The van der Waals surface area contributed by atoms with Gasteiger partial charge in [0.25, 0.3) is 0 Å². The standard InChI is InChI=1S/C12H24S/c1-10-6-3-4-8-12(13)9-5-7-11(10)2/h10-13H,3-9H2,1-2H3. The Labute approximate surface area is 88.9 Å². The molecule has 1 fully saturated rings. The van der Waals surface area contributed by atoms with Gasteiger partial charge in [0.05, 0.1) is 0 Å². The van der Waals surface area contributed by atoms with Gasteiger partial charge in [0.1, 0.15) is 0 Å². The second-order valence-corrected chi connectivity index (χ2v) is 5.55. The molecule has 0 heterocycles. The molecular weight excluding hydrogens is 176 g/mol. The van der Waals surface area contributed by atoms with Crippen molar-refractivity contribution in [1.82, 2.24) is 0 Å². The van der Waals surface area contributed by atoms with E-state index < -0.39 is 0 Å². The second kappa shape index (κ2) is 5.95. The maximum Gasteiger partial charge on any atom is 0.00168 e. The fourth-order valence-electron chi connectivity index (χ4n) is 2.24. The Morgan fingerprint density at radius 1 is 0.769 bits per heavy atom. The smallest absolute Gasteiger partial charge is 0.00168 e. The van der Waals surface area contributed by atoms with Crippen LogP contribution in [-0.2, 0) is 0 Å². The summed E-state index contributed by atoms with van der Waals surface area (Å²) in [5.74, 6) is 1.87. The summed E-state index contributed by atoms with van der Waals surface area (Å²) in [5.41, 5.74) is 0. The fourth-order valence-corrected chi connectivity index (χ4v) is 2.60. The molecule has 0 N–H and O–H groups in total. The van der Waals surface area contributed by atoms with Crippen LogP contribution in [-0.4, -0.2) is 5.25 Å². The molecule has 0 aromatic carbocycles. The highest BCUT2D eigenvalue weighted by molar-refractivity contribution is 7.80. The molecule has 0 radical (unpaired) electrons. The lowest BCUT2D eigenvalue weighted by Gasteiger charge is -2.22. The van der Waals surface area contributed by atoms with Crippen LogP contribution < -0.4 is 0 Å². The number of rotatable bonds is 0. The minimum atomic E-state index is 0.681. The molecule has 0 saturated heterocycles. The van der Waals surface area contributed by atoms with Crippen LogP contribution in [0.2, 0.25) is 0 Å². The molecular formula is C12H24S. The third kappa shape index (κ3) is 4.39. The van der Waals surface area contributed by atoms with E-state index in [0.717, 1.165) is 11.8 Å². The summed E-state index contributed by atoms with van der Waals surface area (Å²) in [5, 5.41) is 0.681. The molecule has 0 bridgehead atoms. The molecule has 0 aromatic rings. The third-order valence-corrected chi connectivity index (χ3v) is 4.13.